The van der Waals surface area contributed by atoms with Gasteiger partial charge in [-0.3, -0.25) is 14.7 Å². The van der Waals surface area contributed by atoms with Crippen molar-refractivity contribution < 1.29 is 9.59 Å². The summed E-state index contributed by atoms with van der Waals surface area (Å²) in [6.45, 7) is 3.95. The number of carbonyl (C=O) groups excluding carboxylic acids is 2. The fraction of sp³-hybridized carbons (Fsp3) is 0.308. The van der Waals surface area contributed by atoms with Crippen LogP contribution in [0.1, 0.15) is 24.3 Å². The number of benzene rings is 1. The highest BCUT2D eigenvalue weighted by Gasteiger charge is 2.19. The number of aromatic nitrogens is 2. The Morgan fingerprint density at radius 2 is 2.20 bits per heavy atom. The zero-order chi connectivity index (χ0) is 14.7. The number of hydrogen-bond acceptors (Lipinski definition) is 4. The quantitative estimate of drug-likeness (QED) is 0.605. The lowest BCUT2D eigenvalue weighted by molar-refractivity contribution is -0.122. The molecule has 0 saturated heterocycles. The second kappa shape index (κ2) is 5.60. The highest BCUT2D eigenvalue weighted by Crippen LogP contribution is 2.18. The molecule has 2 aromatic rings. The molecule has 1 aromatic carbocycles. The minimum atomic E-state index is -0.629. The Bertz CT molecular complexity index is 649. The molecule has 106 valence electrons. The van der Waals surface area contributed by atoms with Crippen LogP contribution in [0.25, 0.3) is 10.9 Å². The molecule has 0 fully saturated rings. The zero-order valence-electron chi connectivity index (χ0n) is 11.4. The summed E-state index contributed by atoms with van der Waals surface area (Å²) in [5.41, 5.74) is 7.19. The molecule has 20 heavy (non-hydrogen) atoms. The van der Waals surface area contributed by atoms with Crippen LogP contribution >= 0.6 is 0 Å². The van der Waals surface area contributed by atoms with Crippen LogP contribution < -0.4 is 16.4 Å². The third-order valence-corrected chi connectivity index (χ3v) is 2.89. The Morgan fingerprint density at radius 3 is 2.90 bits per heavy atom. The molecule has 0 aliphatic heterocycles. The summed E-state index contributed by atoms with van der Waals surface area (Å²) in [4.78, 5) is 23.7. The summed E-state index contributed by atoms with van der Waals surface area (Å²) in [5.74, 6) is -0.652. The lowest BCUT2D eigenvalue weighted by atomic mass is 10.1. The molecule has 2 amide bonds. The number of rotatable bonds is 4. The van der Waals surface area contributed by atoms with Crippen LogP contribution in [0.2, 0.25) is 0 Å². The molecule has 1 atom stereocenters. The Morgan fingerprint density at radius 1 is 1.45 bits per heavy atom. The van der Waals surface area contributed by atoms with Crippen LogP contribution in [0.3, 0.4) is 0 Å². The molecule has 0 radical (unpaired) electrons. The average Bonchev–Trinajstić information content (AvgIpc) is 2.81. The number of nitrogens with zero attached hydrogens (tertiary/aromatic N) is 1. The third kappa shape index (κ3) is 2.71. The summed E-state index contributed by atoms with van der Waals surface area (Å²) >= 11 is 0. The summed E-state index contributed by atoms with van der Waals surface area (Å²) in [5, 5.41) is 12.6. The van der Waals surface area contributed by atoms with Gasteiger partial charge in [-0.2, -0.15) is 5.10 Å². The van der Waals surface area contributed by atoms with Gasteiger partial charge < -0.3 is 16.4 Å². The Labute approximate surface area is 115 Å². The SMILES string of the molecule is CCNC(=O)C(C)NC(=O)c1n[nH]c2ccc(N)cc12. The van der Waals surface area contributed by atoms with Crippen molar-refractivity contribution in [2.24, 2.45) is 0 Å². The molecule has 0 bridgehead atoms. The number of hydrogen-bond donors (Lipinski definition) is 4. The Kier molecular flexibility index (Phi) is 3.88. The molecule has 1 aromatic heterocycles. The second-order valence-corrected chi connectivity index (χ2v) is 4.47. The molecular formula is C13H17N5O2. The van der Waals surface area contributed by atoms with E-state index in [0.717, 1.165) is 5.52 Å². The number of H-pyrrole nitrogens is 1. The largest absolute Gasteiger partial charge is 0.399 e. The van der Waals surface area contributed by atoms with E-state index in [4.69, 9.17) is 5.73 Å². The van der Waals surface area contributed by atoms with Gasteiger partial charge in [0.25, 0.3) is 5.91 Å². The van der Waals surface area contributed by atoms with E-state index in [1.165, 1.54) is 0 Å². The zero-order valence-corrected chi connectivity index (χ0v) is 11.4. The summed E-state index contributed by atoms with van der Waals surface area (Å²) in [6.07, 6.45) is 0. The molecule has 0 saturated carbocycles. The van der Waals surface area contributed by atoms with Gasteiger partial charge in [-0.05, 0) is 32.0 Å². The molecule has 1 unspecified atom stereocenters. The van der Waals surface area contributed by atoms with Gasteiger partial charge in [-0.1, -0.05) is 0 Å². The first-order valence-electron chi connectivity index (χ1n) is 6.35. The first-order chi connectivity index (χ1) is 9.52. The lowest BCUT2D eigenvalue weighted by Gasteiger charge is -2.12. The highest BCUT2D eigenvalue weighted by molar-refractivity contribution is 6.06. The minimum Gasteiger partial charge on any atom is -0.399 e. The van der Waals surface area contributed by atoms with Gasteiger partial charge in [0.05, 0.1) is 5.52 Å². The van der Waals surface area contributed by atoms with Crippen molar-refractivity contribution >= 4 is 28.4 Å². The average molecular weight is 275 g/mol. The molecule has 7 heteroatoms. The van der Waals surface area contributed by atoms with Crippen molar-refractivity contribution in [2.75, 3.05) is 12.3 Å². The highest BCUT2D eigenvalue weighted by atomic mass is 16.2. The third-order valence-electron chi connectivity index (χ3n) is 2.89. The maximum atomic E-state index is 12.1. The van der Waals surface area contributed by atoms with Crippen molar-refractivity contribution in [2.45, 2.75) is 19.9 Å². The molecule has 5 N–H and O–H groups in total. The number of likely N-dealkylation sites (N-methyl/N-ethyl adjacent to an activating group) is 1. The number of aromatic amines is 1. The minimum absolute atomic E-state index is 0.225. The van der Waals surface area contributed by atoms with Gasteiger partial charge in [-0.15, -0.1) is 0 Å². The molecule has 7 nitrogen and oxygen atoms in total. The van der Waals surface area contributed by atoms with Crippen molar-refractivity contribution in [3.8, 4) is 0 Å². The van der Waals surface area contributed by atoms with Crippen LogP contribution in [0.5, 0.6) is 0 Å². The first kappa shape index (κ1) is 13.9. The summed E-state index contributed by atoms with van der Waals surface area (Å²) in [6, 6.07) is 4.52. The van der Waals surface area contributed by atoms with Crippen molar-refractivity contribution in [1.29, 1.82) is 0 Å². The van der Waals surface area contributed by atoms with Crippen LogP contribution in [0.4, 0.5) is 5.69 Å². The lowest BCUT2D eigenvalue weighted by Crippen LogP contribution is -2.44. The predicted molar refractivity (Wildman–Crippen MR) is 76.1 cm³/mol. The van der Waals surface area contributed by atoms with Crippen molar-refractivity contribution in [3.63, 3.8) is 0 Å². The van der Waals surface area contributed by atoms with Gasteiger partial charge >= 0.3 is 0 Å². The fourth-order valence-electron chi connectivity index (χ4n) is 1.86. The molecule has 0 aliphatic carbocycles. The van der Waals surface area contributed by atoms with E-state index < -0.39 is 11.9 Å². The number of anilines is 1. The second-order valence-electron chi connectivity index (χ2n) is 4.47. The van der Waals surface area contributed by atoms with Crippen LogP contribution in [0.15, 0.2) is 18.2 Å². The van der Waals surface area contributed by atoms with Gasteiger partial charge in [0.1, 0.15) is 6.04 Å². The smallest absolute Gasteiger partial charge is 0.273 e. The first-order valence-corrected chi connectivity index (χ1v) is 6.35. The van der Waals surface area contributed by atoms with Gasteiger partial charge in [0.2, 0.25) is 5.91 Å². The number of amides is 2. The fourth-order valence-corrected chi connectivity index (χ4v) is 1.86. The van der Waals surface area contributed by atoms with Gasteiger partial charge in [0.15, 0.2) is 5.69 Å². The number of nitrogens with two attached hydrogens (primary N) is 1. The summed E-state index contributed by atoms with van der Waals surface area (Å²) in [7, 11) is 0. The predicted octanol–water partition coefficient (Wildman–Crippen LogP) is 0.400. The number of fused-ring (bicyclic) bond motifs is 1. The van der Waals surface area contributed by atoms with Crippen LogP contribution in [0, 0.1) is 0 Å². The molecular weight excluding hydrogens is 258 g/mol. The Hall–Kier alpha value is -2.57. The van der Waals surface area contributed by atoms with Crippen molar-refractivity contribution in [3.05, 3.63) is 23.9 Å². The van der Waals surface area contributed by atoms with Crippen LogP contribution in [-0.4, -0.2) is 34.6 Å². The maximum absolute atomic E-state index is 12.1. The van der Waals surface area contributed by atoms with E-state index in [9.17, 15) is 9.59 Å². The van der Waals surface area contributed by atoms with E-state index in [-0.39, 0.29) is 11.6 Å². The summed E-state index contributed by atoms with van der Waals surface area (Å²) < 4.78 is 0. The monoisotopic (exact) mass is 275 g/mol. The van der Waals surface area contributed by atoms with Gasteiger partial charge in [-0.25, -0.2) is 0 Å². The number of nitrogens with one attached hydrogen (secondary N) is 3. The normalized spacial score (nSPS) is 12.1. The number of carbonyl (C=O) groups is 2. The van der Waals surface area contributed by atoms with Crippen LogP contribution in [-0.2, 0) is 4.79 Å². The molecule has 1 heterocycles. The van der Waals surface area contributed by atoms with E-state index in [2.05, 4.69) is 20.8 Å². The molecule has 0 aliphatic rings. The van der Waals surface area contributed by atoms with Crippen molar-refractivity contribution in [1.82, 2.24) is 20.8 Å². The topological polar surface area (TPSA) is 113 Å². The maximum Gasteiger partial charge on any atom is 0.273 e. The molecule has 0 spiro atoms. The van der Waals surface area contributed by atoms with E-state index in [1.54, 1.807) is 25.1 Å². The Balaban J connectivity index is 2.19. The molecule has 2 rings (SSSR count). The van der Waals surface area contributed by atoms with E-state index in [0.29, 0.717) is 17.6 Å². The number of nitrogen functional groups attached to an aromatic ring is 1. The van der Waals surface area contributed by atoms with Gasteiger partial charge in [0, 0.05) is 17.6 Å². The van der Waals surface area contributed by atoms with E-state index >= 15 is 0 Å². The van der Waals surface area contributed by atoms with E-state index in [1.807, 2.05) is 6.92 Å². The standard InChI is InChI=1S/C13H17N5O2/c1-3-15-12(19)7(2)16-13(20)11-9-6-8(14)4-5-10(9)17-18-11/h4-7H,3,14H2,1-2H3,(H,15,19)(H,16,20)(H,17,18).